The highest BCUT2D eigenvalue weighted by Crippen LogP contribution is 2.22. The molecule has 0 unspecified atom stereocenters. The van der Waals surface area contributed by atoms with E-state index in [1.165, 1.54) is 0 Å². The number of unbranched alkanes of at least 4 members (excludes halogenated alkanes) is 1. The van der Waals surface area contributed by atoms with Crippen molar-refractivity contribution in [3.63, 3.8) is 0 Å². The third kappa shape index (κ3) is 77.3. The average Bonchev–Trinajstić information content (AvgIpc) is 0.859. The Balaban J connectivity index is 3.36. The number of carbonyl (C=O) groups is 4. The van der Waals surface area contributed by atoms with E-state index >= 15 is 0 Å². The summed E-state index contributed by atoms with van der Waals surface area (Å²) in [5, 5.41) is 8.72. The van der Waals surface area contributed by atoms with E-state index in [0.717, 1.165) is 12.8 Å². The van der Waals surface area contributed by atoms with Crippen molar-refractivity contribution >= 4 is 23.5 Å². The standard InChI is InChI=1S/C73H143N3O28/c1-65(2)69(76-68(78)14-12-16-72(3,4)5)71(80)75-66(70(79)73(6,7)8)13-10-11-17-74-67(77)15-18-82-21-22-84-25-26-86-29-30-88-33-34-90-37-38-92-41-42-94-45-46-96-49-50-98-53-54-100-57-58-102-61-62-104-64-63-103-60-59-101-56-55-99-52-51-97-48-47-95-44-43-93-40-39-91-36-35-89-32-31-87-28-27-85-24-23-83-20-19-81-9/h65-66,69H,10-64H2,1-9H3,(H,74,77)(H,75,80)(H,76,78)/t66-,69-/m0/s1. The Labute approximate surface area is 623 Å². The van der Waals surface area contributed by atoms with E-state index in [1.54, 1.807) is 7.11 Å². The number of hydrogen-bond acceptors (Lipinski definition) is 28. The van der Waals surface area contributed by atoms with Crippen LogP contribution in [0.5, 0.6) is 0 Å². The van der Waals surface area contributed by atoms with E-state index in [2.05, 4.69) is 36.7 Å². The van der Waals surface area contributed by atoms with Gasteiger partial charge in [0.25, 0.3) is 0 Å². The van der Waals surface area contributed by atoms with Crippen LogP contribution >= 0.6 is 0 Å². The molecule has 3 amide bonds. The van der Waals surface area contributed by atoms with Crippen molar-refractivity contribution in [1.29, 1.82) is 0 Å². The summed E-state index contributed by atoms with van der Waals surface area (Å²) >= 11 is 0. The van der Waals surface area contributed by atoms with E-state index in [9.17, 15) is 19.2 Å². The number of Topliss-reactive ketones (excluding diaryl/α,β-unsaturated/α-hetero) is 1. The quantitative estimate of drug-likeness (QED) is 0.0720. The molecule has 0 aromatic heterocycles. The van der Waals surface area contributed by atoms with Crippen molar-refractivity contribution in [2.24, 2.45) is 16.7 Å². The van der Waals surface area contributed by atoms with E-state index in [-0.39, 0.29) is 47.9 Å². The molecular weight excluding hydrogens is 1370 g/mol. The normalized spacial score (nSPS) is 12.6. The van der Waals surface area contributed by atoms with Crippen molar-refractivity contribution in [1.82, 2.24) is 16.0 Å². The molecule has 0 fully saturated rings. The van der Waals surface area contributed by atoms with Crippen LogP contribution in [0, 0.1) is 16.7 Å². The van der Waals surface area contributed by atoms with Gasteiger partial charge in [-0.3, -0.25) is 19.2 Å². The minimum Gasteiger partial charge on any atom is -0.382 e. The summed E-state index contributed by atoms with van der Waals surface area (Å²) in [4.78, 5) is 51.9. The van der Waals surface area contributed by atoms with Crippen LogP contribution in [0.2, 0.25) is 0 Å². The fourth-order valence-electron chi connectivity index (χ4n) is 8.65. The molecule has 104 heavy (non-hydrogen) atoms. The Morgan fingerprint density at radius 2 is 0.529 bits per heavy atom. The highest BCUT2D eigenvalue weighted by Gasteiger charge is 2.33. The molecule has 0 aliphatic carbocycles. The van der Waals surface area contributed by atoms with Crippen molar-refractivity contribution in [3.05, 3.63) is 0 Å². The Hall–Kier alpha value is -2.88. The molecule has 0 aromatic carbocycles. The van der Waals surface area contributed by atoms with Gasteiger partial charge < -0.3 is 130 Å². The largest absolute Gasteiger partial charge is 0.382 e. The molecule has 0 aliphatic rings. The molecule has 0 spiro atoms. The van der Waals surface area contributed by atoms with Crippen LogP contribution in [0.4, 0.5) is 0 Å². The van der Waals surface area contributed by atoms with Gasteiger partial charge in [-0.1, -0.05) is 55.4 Å². The van der Waals surface area contributed by atoms with Crippen LogP contribution in [0.3, 0.4) is 0 Å². The van der Waals surface area contributed by atoms with Gasteiger partial charge >= 0.3 is 0 Å². The van der Waals surface area contributed by atoms with Gasteiger partial charge in [-0.15, -0.1) is 0 Å². The first-order valence-electron chi connectivity index (χ1n) is 37.8. The fraction of sp³-hybridized carbons (Fsp3) is 0.945. The van der Waals surface area contributed by atoms with E-state index < -0.39 is 17.5 Å². The molecule has 0 heterocycles. The van der Waals surface area contributed by atoms with E-state index in [4.69, 9.17) is 114 Å². The van der Waals surface area contributed by atoms with Crippen LogP contribution in [0.15, 0.2) is 0 Å². The zero-order valence-corrected chi connectivity index (χ0v) is 65.6. The maximum Gasteiger partial charge on any atom is 0.243 e. The number of amides is 3. The van der Waals surface area contributed by atoms with Gasteiger partial charge in [0.2, 0.25) is 17.7 Å². The lowest BCUT2D eigenvalue weighted by molar-refractivity contribution is -0.135. The second kappa shape index (κ2) is 78.2. The lowest BCUT2D eigenvalue weighted by Gasteiger charge is -2.29. The molecule has 0 aliphatic heterocycles. The lowest BCUT2D eigenvalue weighted by atomic mass is 9.84. The smallest absolute Gasteiger partial charge is 0.243 e. The number of carbonyl (C=O) groups excluding carboxylic acids is 4. The highest BCUT2D eigenvalue weighted by atomic mass is 16.6. The Morgan fingerprint density at radius 3 is 0.750 bits per heavy atom. The van der Waals surface area contributed by atoms with Gasteiger partial charge in [0.1, 0.15) is 6.04 Å². The number of ketones is 1. The first kappa shape index (κ1) is 101. The SMILES string of the molecule is COCCOCCOCCOCCOCCOCCOCCOCCOCCOCCOCCOCCOCCOCCOCCOCCOCCOCCOCCOCCOCCOCCOCCOCCC(=O)NCCCC[C@H](NC(=O)[C@@H](NC(=O)CCCC(C)(C)C)C(C)C)C(=O)C(C)(C)C. The van der Waals surface area contributed by atoms with E-state index in [0.29, 0.717) is 336 Å². The van der Waals surface area contributed by atoms with Crippen LogP contribution in [-0.2, 0) is 133 Å². The predicted octanol–water partition coefficient (Wildman–Crippen LogP) is 4.15. The molecule has 0 aromatic rings. The maximum atomic E-state index is 13.4. The van der Waals surface area contributed by atoms with Gasteiger partial charge in [0.05, 0.1) is 317 Å². The van der Waals surface area contributed by atoms with Crippen molar-refractivity contribution < 1.29 is 133 Å². The Bertz CT molecular complexity index is 1840. The molecule has 2 atom stereocenters. The molecule has 0 radical (unpaired) electrons. The van der Waals surface area contributed by atoms with E-state index in [1.807, 2.05) is 34.6 Å². The average molecular weight is 1510 g/mol. The van der Waals surface area contributed by atoms with Crippen molar-refractivity contribution in [2.45, 2.75) is 112 Å². The molecule has 618 valence electrons. The number of methoxy groups -OCH3 is 1. The molecule has 0 bridgehead atoms. The summed E-state index contributed by atoms with van der Waals surface area (Å²) in [5.41, 5.74) is -0.547. The fourth-order valence-corrected chi connectivity index (χ4v) is 8.65. The zero-order valence-electron chi connectivity index (χ0n) is 65.6. The number of rotatable bonds is 85. The number of nitrogens with one attached hydrogen (secondary N) is 3. The number of hydrogen-bond donors (Lipinski definition) is 3. The summed E-state index contributed by atoms with van der Waals surface area (Å²) in [6.07, 6.45) is 3.86. The lowest BCUT2D eigenvalue weighted by Crippen LogP contribution is -2.55. The van der Waals surface area contributed by atoms with Gasteiger partial charge in [0, 0.05) is 31.9 Å². The highest BCUT2D eigenvalue weighted by molar-refractivity contribution is 5.95. The summed E-state index contributed by atoms with van der Waals surface area (Å²) in [6, 6.07) is -1.45. The first-order valence-corrected chi connectivity index (χ1v) is 37.8. The Morgan fingerprint density at radius 1 is 0.288 bits per heavy atom. The summed E-state index contributed by atoms with van der Waals surface area (Å²) in [6.45, 7) is 38.2. The van der Waals surface area contributed by atoms with Crippen LogP contribution < -0.4 is 16.0 Å². The van der Waals surface area contributed by atoms with Crippen LogP contribution in [0.25, 0.3) is 0 Å². The number of ether oxygens (including phenoxy) is 24. The summed E-state index contributed by atoms with van der Waals surface area (Å²) in [5.74, 6) is -0.897. The third-order valence-corrected chi connectivity index (χ3v) is 14.3. The van der Waals surface area contributed by atoms with Gasteiger partial charge in [-0.05, 0) is 43.4 Å². The minimum absolute atomic E-state index is 0.0775. The molecular formula is C73H143N3O28. The van der Waals surface area contributed by atoms with Crippen LogP contribution in [0.1, 0.15) is 100 Å². The molecule has 31 nitrogen and oxygen atoms in total. The zero-order chi connectivity index (χ0) is 76.0. The molecule has 0 rings (SSSR count). The first-order chi connectivity index (χ1) is 50.6. The van der Waals surface area contributed by atoms with Crippen LogP contribution in [-0.4, -0.2) is 360 Å². The maximum absolute atomic E-state index is 13.4. The third-order valence-electron chi connectivity index (χ3n) is 14.3. The molecule has 0 saturated heterocycles. The monoisotopic (exact) mass is 1510 g/mol. The topological polar surface area (TPSA) is 326 Å². The minimum atomic E-state index is -0.746. The van der Waals surface area contributed by atoms with Gasteiger partial charge in [-0.2, -0.15) is 0 Å². The Kier molecular flexibility index (Phi) is 76.1. The van der Waals surface area contributed by atoms with Crippen molar-refractivity contribution in [3.8, 4) is 0 Å². The second-order valence-electron chi connectivity index (χ2n) is 26.1. The molecule has 3 N–H and O–H groups in total. The predicted molar refractivity (Wildman–Crippen MR) is 389 cm³/mol. The molecule has 0 saturated carbocycles. The van der Waals surface area contributed by atoms with Gasteiger partial charge in [0.15, 0.2) is 5.78 Å². The summed E-state index contributed by atoms with van der Waals surface area (Å²) in [7, 11) is 1.64. The second-order valence-corrected chi connectivity index (χ2v) is 26.1. The molecule has 31 heteroatoms. The summed E-state index contributed by atoms with van der Waals surface area (Å²) < 4.78 is 132. The van der Waals surface area contributed by atoms with Crippen molar-refractivity contribution in [2.75, 3.05) is 324 Å². The van der Waals surface area contributed by atoms with Gasteiger partial charge in [-0.25, -0.2) is 0 Å².